The van der Waals surface area contributed by atoms with Gasteiger partial charge in [0.1, 0.15) is 36.1 Å². The standard InChI is InChI=1S/C14H15NO3/c15-14-12(16)7-4-8-13(14)18-10-9-17-11-5-2-1-3-6-11/h1-8,16H,9-10,15H2. The number of phenols is 1. The molecule has 0 aliphatic heterocycles. The van der Waals surface area contributed by atoms with Crippen molar-refractivity contribution in [3.05, 3.63) is 48.5 Å². The van der Waals surface area contributed by atoms with Gasteiger partial charge in [0.25, 0.3) is 0 Å². The van der Waals surface area contributed by atoms with Crippen molar-refractivity contribution in [2.45, 2.75) is 0 Å². The number of phenolic OH excluding ortho intramolecular Hbond substituents is 1. The predicted octanol–water partition coefficient (Wildman–Crippen LogP) is 2.43. The van der Waals surface area contributed by atoms with Gasteiger partial charge in [0.2, 0.25) is 0 Å². The Morgan fingerprint density at radius 2 is 1.61 bits per heavy atom. The highest BCUT2D eigenvalue weighted by Crippen LogP contribution is 2.29. The van der Waals surface area contributed by atoms with Gasteiger partial charge in [-0.25, -0.2) is 0 Å². The summed E-state index contributed by atoms with van der Waals surface area (Å²) in [6.07, 6.45) is 0. The van der Waals surface area contributed by atoms with Crippen LogP contribution in [0.15, 0.2) is 48.5 Å². The van der Waals surface area contributed by atoms with Crippen LogP contribution in [0.1, 0.15) is 0 Å². The Morgan fingerprint density at radius 1 is 0.889 bits per heavy atom. The van der Waals surface area contributed by atoms with Crippen molar-refractivity contribution in [2.75, 3.05) is 18.9 Å². The number of hydrogen-bond donors (Lipinski definition) is 2. The number of nitrogens with two attached hydrogens (primary N) is 1. The summed E-state index contributed by atoms with van der Waals surface area (Å²) in [5.74, 6) is 1.29. The summed E-state index contributed by atoms with van der Waals surface area (Å²) in [5.41, 5.74) is 5.91. The Hall–Kier alpha value is -2.36. The van der Waals surface area contributed by atoms with Crippen molar-refractivity contribution in [1.82, 2.24) is 0 Å². The quantitative estimate of drug-likeness (QED) is 0.482. The number of anilines is 1. The van der Waals surface area contributed by atoms with Crippen LogP contribution in [0.4, 0.5) is 5.69 Å². The molecule has 0 aromatic heterocycles. The summed E-state index contributed by atoms with van der Waals surface area (Å²) in [7, 11) is 0. The smallest absolute Gasteiger partial charge is 0.146 e. The summed E-state index contributed by atoms with van der Waals surface area (Å²) in [6.45, 7) is 0.779. The van der Waals surface area contributed by atoms with Gasteiger partial charge < -0.3 is 20.3 Å². The first-order valence-corrected chi connectivity index (χ1v) is 5.65. The van der Waals surface area contributed by atoms with Crippen LogP contribution in [-0.4, -0.2) is 18.3 Å². The first-order valence-electron chi connectivity index (χ1n) is 5.65. The minimum atomic E-state index is 0.0245. The molecule has 4 heteroatoms. The fraction of sp³-hybridized carbons (Fsp3) is 0.143. The molecule has 0 aliphatic carbocycles. The van der Waals surface area contributed by atoms with E-state index < -0.39 is 0 Å². The summed E-state index contributed by atoms with van der Waals surface area (Å²) in [4.78, 5) is 0. The number of para-hydroxylation sites is 2. The topological polar surface area (TPSA) is 64.7 Å². The Morgan fingerprint density at radius 3 is 2.39 bits per heavy atom. The van der Waals surface area contributed by atoms with Crippen molar-refractivity contribution in [3.8, 4) is 17.2 Å². The molecule has 0 fully saturated rings. The molecule has 2 aromatic carbocycles. The Kier molecular flexibility index (Phi) is 3.91. The zero-order valence-electron chi connectivity index (χ0n) is 9.87. The highest BCUT2D eigenvalue weighted by atomic mass is 16.5. The SMILES string of the molecule is Nc1c(O)cccc1OCCOc1ccccc1. The van der Waals surface area contributed by atoms with Gasteiger partial charge in [-0.15, -0.1) is 0 Å². The van der Waals surface area contributed by atoms with E-state index in [9.17, 15) is 5.11 Å². The normalized spacial score (nSPS) is 10.0. The average molecular weight is 245 g/mol. The predicted molar refractivity (Wildman–Crippen MR) is 70.0 cm³/mol. The van der Waals surface area contributed by atoms with E-state index in [1.54, 1.807) is 12.1 Å². The van der Waals surface area contributed by atoms with Crippen molar-refractivity contribution in [2.24, 2.45) is 0 Å². The van der Waals surface area contributed by atoms with E-state index in [-0.39, 0.29) is 11.4 Å². The lowest BCUT2D eigenvalue weighted by Gasteiger charge is -2.10. The lowest BCUT2D eigenvalue weighted by Crippen LogP contribution is -2.09. The summed E-state index contributed by atoms with van der Waals surface area (Å²) >= 11 is 0. The van der Waals surface area contributed by atoms with Gasteiger partial charge in [-0.05, 0) is 24.3 Å². The molecule has 94 valence electrons. The lowest BCUT2D eigenvalue weighted by molar-refractivity contribution is 0.217. The van der Waals surface area contributed by atoms with Gasteiger partial charge in [0.05, 0.1) is 0 Å². The second kappa shape index (κ2) is 5.82. The van der Waals surface area contributed by atoms with Crippen molar-refractivity contribution in [3.63, 3.8) is 0 Å². The Labute approximate surface area is 106 Å². The lowest BCUT2D eigenvalue weighted by atomic mass is 10.3. The molecule has 0 amide bonds. The van der Waals surface area contributed by atoms with Gasteiger partial charge >= 0.3 is 0 Å². The number of aromatic hydroxyl groups is 1. The van der Waals surface area contributed by atoms with Crippen LogP contribution in [0.25, 0.3) is 0 Å². The van der Waals surface area contributed by atoms with Gasteiger partial charge in [0, 0.05) is 0 Å². The van der Waals surface area contributed by atoms with E-state index in [0.29, 0.717) is 19.0 Å². The Bertz CT molecular complexity index is 500. The molecule has 4 nitrogen and oxygen atoms in total. The number of hydrogen-bond acceptors (Lipinski definition) is 4. The zero-order valence-corrected chi connectivity index (χ0v) is 9.87. The largest absolute Gasteiger partial charge is 0.506 e. The molecule has 0 unspecified atom stereocenters. The second-order valence-electron chi connectivity index (χ2n) is 3.70. The van der Waals surface area contributed by atoms with E-state index in [2.05, 4.69) is 0 Å². The first-order chi connectivity index (χ1) is 8.77. The molecular formula is C14H15NO3. The minimum Gasteiger partial charge on any atom is -0.506 e. The van der Waals surface area contributed by atoms with Gasteiger partial charge in [-0.1, -0.05) is 24.3 Å². The van der Waals surface area contributed by atoms with Crippen LogP contribution >= 0.6 is 0 Å². The van der Waals surface area contributed by atoms with Crippen LogP contribution < -0.4 is 15.2 Å². The van der Waals surface area contributed by atoms with Gasteiger partial charge in [-0.2, -0.15) is 0 Å². The summed E-state index contributed by atoms with van der Waals surface area (Å²) in [6, 6.07) is 14.4. The van der Waals surface area contributed by atoms with Crippen LogP contribution in [0.5, 0.6) is 17.2 Å². The molecule has 0 saturated heterocycles. The van der Waals surface area contributed by atoms with Crippen LogP contribution in [0, 0.1) is 0 Å². The molecule has 3 N–H and O–H groups in total. The second-order valence-corrected chi connectivity index (χ2v) is 3.70. The maximum absolute atomic E-state index is 9.40. The summed E-state index contributed by atoms with van der Waals surface area (Å²) in [5, 5.41) is 9.40. The van der Waals surface area contributed by atoms with Gasteiger partial charge in [0.15, 0.2) is 0 Å². The van der Waals surface area contributed by atoms with Crippen molar-refractivity contribution in [1.29, 1.82) is 0 Å². The highest BCUT2D eigenvalue weighted by molar-refractivity contribution is 5.61. The molecule has 0 heterocycles. The monoisotopic (exact) mass is 245 g/mol. The van der Waals surface area contributed by atoms with Crippen LogP contribution in [0.3, 0.4) is 0 Å². The molecule has 2 rings (SSSR count). The zero-order chi connectivity index (χ0) is 12.8. The molecule has 0 aliphatic rings. The average Bonchev–Trinajstić information content (AvgIpc) is 2.40. The first kappa shape index (κ1) is 12.1. The van der Waals surface area contributed by atoms with Crippen molar-refractivity contribution >= 4 is 5.69 Å². The number of nitrogen functional groups attached to an aromatic ring is 1. The maximum Gasteiger partial charge on any atom is 0.146 e. The van der Waals surface area contributed by atoms with E-state index in [1.807, 2.05) is 30.3 Å². The molecular weight excluding hydrogens is 230 g/mol. The highest BCUT2D eigenvalue weighted by Gasteiger charge is 2.04. The molecule has 0 bridgehead atoms. The molecule has 0 radical (unpaired) electrons. The molecule has 0 spiro atoms. The minimum absolute atomic E-state index is 0.0245. The van der Waals surface area contributed by atoms with E-state index >= 15 is 0 Å². The third kappa shape index (κ3) is 3.07. The molecule has 0 saturated carbocycles. The number of rotatable bonds is 5. The fourth-order valence-corrected chi connectivity index (χ4v) is 1.49. The molecule has 18 heavy (non-hydrogen) atoms. The van der Waals surface area contributed by atoms with Crippen LogP contribution in [-0.2, 0) is 0 Å². The van der Waals surface area contributed by atoms with E-state index in [4.69, 9.17) is 15.2 Å². The van der Waals surface area contributed by atoms with Crippen LogP contribution in [0.2, 0.25) is 0 Å². The third-order valence-electron chi connectivity index (χ3n) is 2.40. The van der Waals surface area contributed by atoms with Crippen molar-refractivity contribution < 1.29 is 14.6 Å². The molecule has 2 aromatic rings. The summed E-state index contributed by atoms with van der Waals surface area (Å²) < 4.78 is 10.9. The maximum atomic E-state index is 9.40. The fourth-order valence-electron chi connectivity index (χ4n) is 1.49. The third-order valence-corrected chi connectivity index (χ3v) is 2.40. The number of benzene rings is 2. The molecule has 0 atom stereocenters. The van der Waals surface area contributed by atoms with E-state index in [1.165, 1.54) is 6.07 Å². The van der Waals surface area contributed by atoms with E-state index in [0.717, 1.165) is 5.75 Å². The van der Waals surface area contributed by atoms with Gasteiger partial charge in [-0.3, -0.25) is 0 Å². The Balaban J connectivity index is 1.81. The number of ether oxygens (including phenoxy) is 2.